The highest BCUT2D eigenvalue weighted by Gasteiger charge is 2.52. The fraction of sp³-hybridized carbons (Fsp3) is 0.529. The van der Waals surface area contributed by atoms with Crippen molar-refractivity contribution in [2.75, 3.05) is 12.4 Å². The Morgan fingerprint density at radius 1 is 1.36 bits per heavy atom. The fourth-order valence-corrected chi connectivity index (χ4v) is 3.75. The maximum Gasteiger partial charge on any atom is 0.307 e. The number of amides is 1. The minimum Gasteiger partial charge on any atom is -0.495 e. The Labute approximate surface area is 144 Å². The Hall–Kier alpha value is -2.64. The second-order valence-electron chi connectivity index (χ2n) is 6.49. The van der Waals surface area contributed by atoms with Gasteiger partial charge in [0.25, 0.3) is 5.69 Å². The SMILES string of the molecule is COc1ccc([N+](=O)[O-])cc1NC(=O)[C@H]1CC(=O)OC12CCCCC2. The number of esters is 1. The van der Waals surface area contributed by atoms with Gasteiger partial charge in [-0.15, -0.1) is 0 Å². The van der Waals surface area contributed by atoms with Gasteiger partial charge in [-0.25, -0.2) is 0 Å². The van der Waals surface area contributed by atoms with E-state index in [0.29, 0.717) is 18.6 Å². The number of rotatable bonds is 4. The number of nitrogens with one attached hydrogen (secondary N) is 1. The van der Waals surface area contributed by atoms with Crippen molar-refractivity contribution in [3.05, 3.63) is 28.3 Å². The largest absolute Gasteiger partial charge is 0.495 e. The molecule has 1 amide bonds. The highest BCUT2D eigenvalue weighted by Crippen LogP contribution is 2.45. The Morgan fingerprint density at radius 3 is 2.72 bits per heavy atom. The van der Waals surface area contributed by atoms with Crippen LogP contribution in [0.25, 0.3) is 0 Å². The van der Waals surface area contributed by atoms with E-state index < -0.39 is 16.4 Å². The number of ether oxygens (including phenoxy) is 2. The first-order chi connectivity index (χ1) is 11.9. The van der Waals surface area contributed by atoms with E-state index in [-0.39, 0.29) is 29.7 Å². The van der Waals surface area contributed by atoms with Gasteiger partial charge >= 0.3 is 5.97 Å². The predicted molar refractivity (Wildman–Crippen MR) is 88.3 cm³/mol. The summed E-state index contributed by atoms with van der Waals surface area (Å²) in [6.45, 7) is 0. The lowest BCUT2D eigenvalue weighted by atomic mass is 9.75. The maximum atomic E-state index is 12.8. The third kappa shape index (κ3) is 3.29. The Bertz CT molecular complexity index is 711. The average molecular weight is 348 g/mol. The molecular weight excluding hydrogens is 328 g/mol. The predicted octanol–water partition coefficient (Wildman–Crippen LogP) is 2.81. The third-order valence-electron chi connectivity index (χ3n) is 4.99. The molecule has 2 fully saturated rings. The van der Waals surface area contributed by atoms with Gasteiger partial charge in [-0.05, 0) is 31.7 Å². The summed E-state index contributed by atoms with van der Waals surface area (Å²) in [5, 5.41) is 13.7. The summed E-state index contributed by atoms with van der Waals surface area (Å²) in [5.74, 6) is -1.01. The first-order valence-electron chi connectivity index (χ1n) is 8.30. The van der Waals surface area contributed by atoms with Crippen molar-refractivity contribution in [1.29, 1.82) is 0 Å². The molecule has 1 aromatic carbocycles. The molecule has 8 heteroatoms. The van der Waals surface area contributed by atoms with Gasteiger partial charge in [-0.2, -0.15) is 0 Å². The van der Waals surface area contributed by atoms with E-state index in [1.54, 1.807) is 0 Å². The normalized spacial score (nSPS) is 21.6. The molecule has 1 aromatic rings. The smallest absolute Gasteiger partial charge is 0.307 e. The lowest BCUT2D eigenvalue weighted by Crippen LogP contribution is -2.43. The quantitative estimate of drug-likeness (QED) is 0.509. The zero-order valence-electron chi connectivity index (χ0n) is 13.9. The first-order valence-corrected chi connectivity index (χ1v) is 8.30. The summed E-state index contributed by atoms with van der Waals surface area (Å²) < 4.78 is 10.7. The van der Waals surface area contributed by atoms with Crippen LogP contribution in [0.5, 0.6) is 5.75 Å². The van der Waals surface area contributed by atoms with E-state index in [0.717, 1.165) is 19.3 Å². The molecule has 1 spiro atoms. The molecule has 1 N–H and O–H groups in total. The molecule has 1 saturated carbocycles. The van der Waals surface area contributed by atoms with Crippen LogP contribution in [0, 0.1) is 16.0 Å². The number of carbonyl (C=O) groups is 2. The van der Waals surface area contributed by atoms with Gasteiger partial charge in [-0.1, -0.05) is 6.42 Å². The van der Waals surface area contributed by atoms with Crippen molar-refractivity contribution in [2.45, 2.75) is 44.1 Å². The summed E-state index contributed by atoms with van der Waals surface area (Å²) >= 11 is 0. The summed E-state index contributed by atoms with van der Waals surface area (Å²) in [6, 6.07) is 3.99. The van der Waals surface area contributed by atoms with Gasteiger partial charge in [0.05, 0.1) is 30.1 Å². The highest BCUT2D eigenvalue weighted by atomic mass is 16.6. The van der Waals surface area contributed by atoms with Gasteiger partial charge in [0.1, 0.15) is 11.4 Å². The number of nitro benzene ring substituents is 1. The molecular formula is C17H20N2O6. The van der Waals surface area contributed by atoms with E-state index in [2.05, 4.69) is 5.32 Å². The minimum atomic E-state index is -0.743. The van der Waals surface area contributed by atoms with Crippen molar-refractivity contribution in [1.82, 2.24) is 0 Å². The van der Waals surface area contributed by atoms with Gasteiger partial charge in [0.15, 0.2) is 0 Å². The fourth-order valence-electron chi connectivity index (χ4n) is 3.75. The van der Waals surface area contributed by atoms with Crippen LogP contribution in [0.2, 0.25) is 0 Å². The summed E-state index contributed by atoms with van der Waals surface area (Å²) in [4.78, 5) is 35.1. The standard InChI is InChI=1S/C17H20N2O6/c1-24-14-6-5-11(19(22)23)9-13(14)18-16(21)12-10-15(20)25-17(12)7-3-2-4-8-17/h5-6,9,12H,2-4,7-8,10H2,1H3,(H,18,21)/t12-/m1/s1. The van der Waals surface area contributed by atoms with Crippen LogP contribution >= 0.6 is 0 Å². The Balaban J connectivity index is 1.85. The van der Waals surface area contributed by atoms with Crippen LogP contribution < -0.4 is 10.1 Å². The zero-order chi connectivity index (χ0) is 18.0. The minimum absolute atomic E-state index is 0.0308. The molecule has 0 bridgehead atoms. The molecule has 0 unspecified atom stereocenters. The van der Waals surface area contributed by atoms with Gasteiger partial charge in [0.2, 0.25) is 5.91 Å². The molecule has 1 aliphatic heterocycles. The number of hydrogen-bond acceptors (Lipinski definition) is 6. The number of non-ortho nitro benzene ring substituents is 1. The van der Waals surface area contributed by atoms with Crippen LogP contribution in [0.15, 0.2) is 18.2 Å². The monoisotopic (exact) mass is 348 g/mol. The van der Waals surface area contributed by atoms with E-state index in [4.69, 9.17) is 9.47 Å². The highest BCUT2D eigenvalue weighted by molar-refractivity contribution is 5.98. The van der Waals surface area contributed by atoms with Crippen LogP contribution in [-0.2, 0) is 14.3 Å². The van der Waals surface area contributed by atoms with Crippen molar-refractivity contribution < 1.29 is 24.0 Å². The second-order valence-corrected chi connectivity index (χ2v) is 6.49. The van der Waals surface area contributed by atoms with E-state index in [9.17, 15) is 19.7 Å². The van der Waals surface area contributed by atoms with Gasteiger partial charge in [-0.3, -0.25) is 19.7 Å². The molecule has 1 aliphatic carbocycles. The number of hydrogen-bond donors (Lipinski definition) is 1. The number of carbonyl (C=O) groups excluding carboxylic acids is 2. The number of anilines is 1. The van der Waals surface area contributed by atoms with Crippen LogP contribution in [0.4, 0.5) is 11.4 Å². The number of nitrogens with zero attached hydrogens (tertiary/aromatic N) is 1. The number of nitro groups is 1. The molecule has 25 heavy (non-hydrogen) atoms. The van der Waals surface area contributed by atoms with E-state index >= 15 is 0 Å². The molecule has 8 nitrogen and oxygen atoms in total. The lowest BCUT2D eigenvalue weighted by Gasteiger charge is -2.36. The Morgan fingerprint density at radius 2 is 2.08 bits per heavy atom. The van der Waals surface area contributed by atoms with Crippen molar-refractivity contribution >= 4 is 23.3 Å². The molecule has 1 atom stereocenters. The average Bonchev–Trinajstić information content (AvgIpc) is 2.91. The van der Waals surface area contributed by atoms with Gasteiger partial charge < -0.3 is 14.8 Å². The van der Waals surface area contributed by atoms with Crippen molar-refractivity contribution in [3.8, 4) is 5.75 Å². The van der Waals surface area contributed by atoms with Crippen molar-refractivity contribution in [2.24, 2.45) is 5.92 Å². The van der Waals surface area contributed by atoms with Crippen LogP contribution in [0.3, 0.4) is 0 Å². The maximum absolute atomic E-state index is 12.8. The number of benzene rings is 1. The molecule has 0 radical (unpaired) electrons. The lowest BCUT2D eigenvalue weighted by molar-refractivity contribution is -0.384. The molecule has 1 heterocycles. The Kier molecular flexibility index (Phi) is 4.61. The summed E-state index contributed by atoms with van der Waals surface area (Å²) in [5.41, 5.74) is -0.679. The van der Waals surface area contributed by atoms with Crippen LogP contribution in [-0.4, -0.2) is 29.5 Å². The number of methoxy groups -OCH3 is 1. The molecule has 1 saturated heterocycles. The summed E-state index contributed by atoms with van der Waals surface area (Å²) in [7, 11) is 1.42. The summed E-state index contributed by atoms with van der Waals surface area (Å²) in [6.07, 6.45) is 4.26. The molecule has 134 valence electrons. The zero-order valence-corrected chi connectivity index (χ0v) is 13.9. The molecule has 0 aromatic heterocycles. The van der Waals surface area contributed by atoms with Crippen LogP contribution in [0.1, 0.15) is 38.5 Å². The first kappa shape index (κ1) is 17.2. The van der Waals surface area contributed by atoms with Gasteiger partial charge in [0, 0.05) is 12.1 Å². The van der Waals surface area contributed by atoms with E-state index in [1.807, 2.05) is 0 Å². The molecule has 2 aliphatic rings. The van der Waals surface area contributed by atoms with E-state index in [1.165, 1.54) is 25.3 Å². The topological polar surface area (TPSA) is 108 Å². The van der Waals surface area contributed by atoms with Crippen molar-refractivity contribution in [3.63, 3.8) is 0 Å². The molecule has 3 rings (SSSR count). The second kappa shape index (κ2) is 6.70. The third-order valence-corrected chi connectivity index (χ3v) is 4.99.